The highest BCUT2D eigenvalue weighted by molar-refractivity contribution is 6.32. The normalized spacial score (nSPS) is 11.8. The molecule has 2 amide bonds. The molecular weight excluding hydrogens is 423 g/mol. The summed E-state index contributed by atoms with van der Waals surface area (Å²) in [6.07, 6.45) is 2.12. The van der Waals surface area contributed by atoms with Crippen LogP contribution in [0.5, 0.6) is 0 Å². The molecule has 0 saturated heterocycles. The fourth-order valence-corrected chi connectivity index (χ4v) is 3.36. The summed E-state index contributed by atoms with van der Waals surface area (Å²) in [5.41, 5.74) is 3.03. The van der Waals surface area contributed by atoms with Gasteiger partial charge in [-0.05, 0) is 61.7 Å². The van der Waals surface area contributed by atoms with Crippen LogP contribution < -0.4 is 10.6 Å². The van der Waals surface area contributed by atoms with Crippen LogP contribution in [0.1, 0.15) is 41.0 Å². The highest BCUT2D eigenvalue weighted by atomic mass is 35.5. The first-order valence-electron chi connectivity index (χ1n) is 9.49. The van der Waals surface area contributed by atoms with Gasteiger partial charge in [0.25, 0.3) is 5.91 Å². The molecule has 0 aliphatic rings. The summed E-state index contributed by atoms with van der Waals surface area (Å²) in [6.45, 7) is 5.55. The van der Waals surface area contributed by atoms with Crippen molar-refractivity contribution in [2.24, 2.45) is 0 Å². The number of hydrogen-bond acceptors (Lipinski definition) is 3. The lowest BCUT2D eigenvalue weighted by atomic mass is 10.1. The van der Waals surface area contributed by atoms with Gasteiger partial charge in [-0.2, -0.15) is 5.10 Å². The highest BCUT2D eigenvalue weighted by Crippen LogP contribution is 2.25. The van der Waals surface area contributed by atoms with Crippen molar-refractivity contribution in [3.8, 4) is 0 Å². The summed E-state index contributed by atoms with van der Waals surface area (Å²) in [4.78, 5) is 25.4. The van der Waals surface area contributed by atoms with Crippen LogP contribution in [0.3, 0.4) is 0 Å². The van der Waals surface area contributed by atoms with Crippen molar-refractivity contribution < 1.29 is 9.59 Å². The highest BCUT2D eigenvalue weighted by Gasteiger charge is 2.22. The van der Waals surface area contributed by atoms with Crippen LogP contribution in [-0.2, 0) is 4.79 Å². The van der Waals surface area contributed by atoms with Gasteiger partial charge < -0.3 is 10.6 Å². The van der Waals surface area contributed by atoms with Crippen molar-refractivity contribution in [1.82, 2.24) is 9.78 Å². The second-order valence-electron chi connectivity index (χ2n) is 6.87. The summed E-state index contributed by atoms with van der Waals surface area (Å²) >= 11 is 12.2. The molecule has 0 aliphatic carbocycles. The van der Waals surface area contributed by atoms with Gasteiger partial charge >= 0.3 is 0 Å². The zero-order valence-corrected chi connectivity index (χ0v) is 18.4. The monoisotopic (exact) mass is 444 g/mol. The second-order valence-corrected chi connectivity index (χ2v) is 7.69. The van der Waals surface area contributed by atoms with Gasteiger partial charge in [-0.3, -0.25) is 14.3 Å². The van der Waals surface area contributed by atoms with E-state index in [1.807, 2.05) is 20.8 Å². The number of amides is 2. The number of hydrogen-bond donors (Lipinski definition) is 2. The molecule has 0 aliphatic heterocycles. The van der Waals surface area contributed by atoms with E-state index in [1.165, 1.54) is 4.68 Å². The van der Waals surface area contributed by atoms with E-state index in [0.29, 0.717) is 27.8 Å². The van der Waals surface area contributed by atoms with Crippen molar-refractivity contribution in [3.05, 3.63) is 75.5 Å². The smallest absolute Gasteiger partial charge is 0.276 e. The summed E-state index contributed by atoms with van der Waals surface area (Å²) < 4.78 is 1.49. The summed E-state index contributed by atoms with van der Waals surface area (Å²) in [5, 5.41) is 11.2. The van der Waals surface area contributed by atoms with Gasteiger partial charge in [-0.25, -0.2) is 0 Å². The fourth-order valence-electron chi connectivity index (χ4n) is 3.01. The van der Waals surface area contributed by atoms with Gasteiger partial charge in [-0.1, -0.05) is 42.3 Å². The van der Waals surface area contributed by atoms with Gasteiger partial charge in [-0.15, -0.1) is 0 Å². The predicted molar refractivity (Wildman–Crippen MR) is 121 cm³/mol. The minimum Gasteiger partial charge on any atom is -0.324 e. The topological polar surface area (TPSA) is 76.0 Å². The molecule has 1 unspecified atom stereocenters. The molecule has 0 saturated carbocycles. The maximum atomic E-state index is 12.8. The Hall–Kier alpha value is -2.83. The number of nitrogens with one attached hydrogen (secondary N) is 2. The average Bonchev–Trinajstić information content (AvgIpc) is 3.19. The molecule has 3 aromatic rings. The SMILES string of the molecule is CCC(C(=O)Nc1cccc(Cl)c1C)n1ccc(C(=O)Nc2cccc(Cl)c2C)n1. The van der Waals surface area contributed by atoms with Crippen molar-refractivity contribution in [3.63, 3.8) is 0 Å². The zero-order valence-electron chi connectivity index (χ0n) is 16.9. The average molecular weight is 445 g/mol. The first-order chi connectivity index (χ1) is 14.3. The van der Waals surface area contributed by atoms with E-state index in [2.05, 4.69) is 15.7 Å². The fraction of sp³-hybridized carbons (Fsp3) is 0.227. The largest absolute Gasteiger partial charge is 0.324 e. The standard InChI is InChI=1S/C22H22Cl2N4O2/c1-4-20(22(30)26-18-10-6-8-16(24)14(18)3)28-12-11-19(27-28)21(29)25-17-9-5-7-15(23)13(17)2/h5-12,20H,4H2,1-3H3,(H,25,29)(H,26,30). The Bertz CT molecular complexity index is 1090. The summed E-state index contributed by atoms with van der Waals surface area (Å²) in [5.74, 6) is -0.608. The van der Waals surface area contributed by atoms with Gasteiger partial charge in [0.2, 0.25) is 5.91 Å². The zero-order chi connectivity index (χ0) is 21.8. The molecule has 0 fully saturated rings. The number of carbonyl (C=O) groups excluding carboxylic acids is 2. The van der Waals surface area contributed by atoms with E-state index in [1.54, 1.807) is 48.7 Å². The first kappa shape index (κ1) is 21.9. The van der Waals surface area contributed by atoms with E-state index in [-0.39, 0.29) is 17.5 Å². The van der Waals surface area contributed by atoms with E-state index >= 15 is 0 Å². The third-order valence-corrected chi connectivity index (χ3v) is 5.71. The molecule has 3 rings (SSSR count). The molecule has 0 spiro atoms. The van der Waals surface area contributed by atoms with Gasteiger partial charge in [0.1, 0.15) is 6.04 Å². The molecule has 8 heteroatoms. The molecule has 0 radical (unpaired) electrons. The first-order valence-corrected chi connectivity index (χ1v) is 10.2. The van der Waals surface area contributed by atoms with Crippen LogP contribution in [0.2, 0.25) is 10.0 Å². The molecule has 30 heavy (non-hydrogen) atoms. The van der Waals surface area contributed by atoms with Crippen LogP contribution in [0.25, 0.3) is 0 Å². The minimum absolute atomic E-state index is 0.208. The maximum Gasteiger partial charge on any atom is 0.276 e. The lowest BCUT2D eigenvalue weighted by Gasteiger charge is -2.17. The van der Waals surface area contributed by atoms with Crippen molar-refractivity contribution in [2.75, 3.05) is 10.6 Å². The Morgan fingerprint density at radius 3 is 2.10 bits per heavy atom. The molecule has 2 aromatic carbocycles. The molecule has 2 N–H and O–H groups in total. The number of anilines is 2. The second kappa shape index (κ2) is 9.32. The summed E-state index contributed by atoms with van der Waals surface area (Å²) in [6, 6.07) is 11.6. The van der Waals surface area contributed by atoms with Gasteiger partial charge in [0, 0.05) is 27.6 Å². The Morgan fingerprint density at radius 1 is 0.967 bits per heavy atom. The minimum atomic E-state index is -0.571. The number of rotatable bonds is 6. The molecular formula is C22H22Cl2N4O2. The number of aromatic nitrogens is 2. The quantitative estimate of drug-likeness (QED) is 0.515. The number of halogens is 2. The Balaban J connectivity index is 1.75. The van der Waals surface area contributed by atoms with Crippen LogP contribution in [0.4, 0.5) is 11.4 Å². The van der Waals surface area contributed by atoms with Crippen LogP contribution >= 0.6 is 23.2 Å². The van der Waals surface area contributed by atoms with E-state index in [4.69, 9.17) is 23.2 Å². The Kier molecular flexibility index (Phi) is 6.80. The Labute approximate surface area is 185 Å². The lowest BCUT2D eigenvalue weighted by Crippen LogP contribution is -2.26. The van der Waals surface area contributed by atoms with Crippen LogP contribution in [0.15, 0.2) is 48.7 Å². The van der Waals surface area contributed by atoms with E-state index < -0.39 is 6.04 Å². The van der Waals surface area contributed by atoms with Gasteiger partial charge in [0.05, 0.1) is 0 Å². The molecule has 1 aromatic heterocycles. The number of nitrogens with zero attached hydrogens (tertiary/aromatic N) is 2. The van der Waals surface area contributed by atoms with Gasteiger partial charge in [0.15, 0.2) is 5.69 Å². The van der Waals surface area contributed by atoms with E-state index in [9.17, 15) is 9.59 Å². The van der Waals surface area contributed by atoms with Crippen molar-refractivity contribution in [1.29, 1.82) is 0 Å². The van der Waals surface area contributed by atoms with Crippen molar-refractivity contribution >= 4 is 46.4 Å². The number of benzene rings is 2. The molecule has 1 atom stereocenters. The number of carbonyl (C=O) groups is 2. The lowest BCUT2D eigenvalue weighted by molar-refractivity contribution is -0.119. The van der Waals surface area contributed by atoms with Crippen LogP contribution in [0, 0.1) is 13.8 Å². The molecule has 156 valence electrons. The third-order valence-electron chi connectivity index (χ3n) is 4.89. The predicted octanol–water partition coefficient (Wildman–Crippen LogP) is 5.65. The Morgan fingerprint density at radius 2 is 1.53 bits per heavy atom. The molecule has 1 heterocycles. The molecule has 0 bridgehead atoms. The molecule has 6 nitrogen and oxygen atoms in total. The van der Waals surface area contributed by atoms with Crippen molar-refractivity contribution in [2.45, 2.75) is 33.2 Å². The van der Waals surface area contributed by atoms with E-state index in [0.717, 1.165) is 11.1 Å². The third kappa shape index (κ3) is 4.66. The van der Waals surface area contributed by atoms with Crippen LogP contribution in [-0.4, -0.2) is 21.6 Å². The maximum absolute atomic E-state index is 12.8. The summed E-state index contributed by atoms with van der Waals surface area (Å²) in [7, 11) is 0.